The topological polar surface area (TPSA) is 24.1 Å². The third kappa shape index (κ3) is 3.73. The molecule has 2 nitrogen and oxygen atoms in total. The monoisotopic (exact) mass is 348 g/mol. The average Bonchev–Trinajstić information content (AvgIpc) is 2.39. The Morgan fingerprint density at radius 3 is 2.45 bits per heavy atom. The molecule has 0 aromatic heterocycles. The first-order chi connectivity index (χ1) is 9.47. The molecule has 0 saturated carbocycles. The van der Waals surface area contributed by atoms with Crippen molar-refractivity contribution in [3.8, 4) is 0 Å². The zero-order valence-electron chi connectivity index (χ0n) is 9.88. The Labute approximate surface area is 135 Å². The van der Waals surface area contributed by atoms with Crippen LogP contribution in [0, 0.1) is 5.82 Å². The molecule has 2 aromatic carbocycles. The first-order valence-corrected chi connectivity index (χ1v) is 6.98. The van der Waals surface area contributed by atoms with Crippen LogP contribution in [0.3, 0.4) is 0 Å². The van der Waals surface area contributed by atoms with Crippen molar-refractivity contribution in [2.75, 3.05) is 10.6 Å². The summed E-state index contributed by atoms with van der Waals surface area (Å²) in [6.45, 7) is 0. The third-order valence-corrected chi connectivity index (χ3v) is 3.69. The molecule has 0 aliphatic heterocycles. The number of rotatable bonds is 2. The van der Waals surface area contributed by atoms with E-state index in [-0.39, 0.29) is 10.1 Å². The van der Waals surface area contributed by atoms with Crippen molar-refractivity contribution in [3.05, 3.63) is 57.3 Å². The van der Waals surface area contributed by atoms with Crippen LogP contribution < -0.4 is 10.6 Å². The Balaban J connectivity index is 2.09. The predicted molar refractivity (Wildman–Crippen MR) is 87.7 cm³/mol. The quantitative estimate of drug-likeness (QED) is 0.691. The Morgan fingerprint density at radius 1 is 1.00 bits per heavy atom. The van der Waals surface area contributed by atoms with Crippen LogP contribution in [0.4, 0.5) is 15.8 Å². The lowest BCUT2D eigenvalue weighted by molar-refractivity contribution is 0.628. The molecular weight excluding hydrogens is 342 g/mol. The molecule has 0 bridgehead atoms. The summed E-state index contributed by atoms with van der Waals surface area (Å²) in [6.07, 6.45) is 0. The SMILES string of the molecule is Fc1ccc(NC(=S)Nc2cccc(Cl)c2Cl)cc1Cl. The van der Waals surface area contributed by atoms with E-state index in [0.29, 0.717) is 21.4 Å². The van der Waals surface area contributed by atoms with E-state index in [1.54, 1.807) is 18.2 Å². The highest BCUT2D eigenvalue weighted by Crippen LogP contribution is 2.29. The van der Waals surface area contributed by atoms with Crippen molar-refractivity contribution in [1.82, 2.24) is 0 Å². The van der Waals surface area contributed by atoms with Crippen LogP contribution in [-0.4, -0.2) is 5.11 Å². The Bertz CT molecular complexity index is 664. The van der Waals surface area contributed by atoms with Crippen LogP contribution in [0.5, 0.6) is 0 Å². The maximum Gasteiger partial charge on any atom is 0.175 e. The summed E-state index contributed by atoms with van der Waals surface area (Å²) in [5.74, 6) is -0.492. The number of nitrogens with one attached hydrogen (secondary N) is 2. The molecule has 0 radical (unpaired) electrons. The lowest BCUT2D eigenvalue weighted by atomic mass is 10.3. The standard InChI is InChI=1S/C13H8Cl3FN2S/c14-8-2-1-3-11(12(8)16)19-13(20)18-7-4-5-10(17)9(15)6-7/h1-6H,(H2,18,19,20). The van der Waals surface area contributed by atoms with Gasteiger partial charge in [-0.3, -0.25) is 0 Å². The minimum absolute atomic E-state index is 0.0126. The Morgan fingerprint density at radius 2 is 1.75 bits per heavy atom. The van der Waals surface area contributed by atoms with E-state index in [9.17, 15) is 4.39 Å². The molecule has 0 amide bonds. The van der Waals surface area contributed by atoms with E-state index < -0.39 is 5.82 Å². The molecule has 0 saturated heterocycles. The molecule has 0 aliphatic carbocycles. The number of hydrogen-bond acceptors (Lipinski definition) is 1. The van der Waals surface area contributed by atoms with E-state index in [2.05, 4.69) is 10.6 Å². The second-order valence-corrected chi connectivity index (χ2v) is 5.41. The molecule has 7 heteroatoms. The highest BCUT2D eigenvalue weighted by atomic mass is 35.5. The summed E-state index contributed by atoms with van der Waals surface area (Å²) in [7, 11) is 0. The molecule has 2 N–H and O–H groups in total. The molecule has 0 unspecified atom stereocenters. The van der Waals surface area contributed by atoms with Crippen LogP contribution in [0.15, 0.2) is 36.4 Å². The minimum atomic E-state index is -0.492. The van der Waals surface area contributed by atoms with Crippen molar-refractivity contribution in [1.29, 1.82) is 0 Å². The van der Waals surface area contributed by atoms with Gasteiger partial charge >= 0.3 is 0 Å². The van der Waals surface area contributed by atoms with Crippen LogP contribution in [0.2, 0.25) is 15.1 Å². The summed E-state index contributed by atoms with van der Waals surface area (Å²) in [6, 6.07) is 9.36. The smallest absolute Gasteiger partial charge is 0.175 e. The second kappa shape index (κ2) is 6.59. The van der Waals surface area contributed by atoms with Gasteiger partial charge in [-0.25, -0.2) is 4.39 Å². The first kappa shape index (κ1) is 15.3. The van der Waals surface area contributed by atoms with Gasteiger partial charge in [0.25, 0.3) is 0 Å². The molecule has 0 aliphatic rings. The summed E-state index contributed by atoms with van der Waals surface area (Å²) in [4.78, 5) is 0. The van der Waals surface area contributed by atoms with Gasteiger partial charge in [0.1, 0.15) is 5.82 Å². The highest BCUT2D eigenvalue weighted by molar-refractivity contribution is 7.80. The maximum absolute atomic E-state index is 13.0. The maximum atomic E-state index is 13.0. The zero-order valence-corrected chi connectivity index (χ0v) is 13.0. The lowest BCUT2D eigenvalue weighted by Crippen LogP contribution is -2.19. The molecule has 0 atom stereocenters. The van der Waals surface area contributed by atoms with Gasteiger partial charge in [-0.2, -0.15) is 0 Å². The van der Waals surface area contributed by atoms with Crippen molar-refractivity contribution in [2.24, 2.45) is 0 Å². The van der Waals surface area contributed by atoms with Gasteiger partial charge in [-0.1, -0.05) is 40.9 Å². The van der Waals surface area contributed by atoms with Gasteiger partial charge in [-0.05, 0) is 42.5 Å². The summed E-state index contributed by atoms with van der Waals surface area (Å²) in [5.41, 5.74) is 1.14. The van der Waals surface area contributed by atoms with E-state index in [0.717, 1.165) is 0 Å². The van der Waals surface area contributed by atoms with E-state index in [1.165, 1.54) is 18.2 Å². The molecular formula is C13H8Cl3FN2S. The van der Waals surface area contributed by atoms with Crippen LogP contribution in [0.25, 0.3) is 0 Å². The fourth-order valence-corrected chi connectivity index (χ4v) is 2.22. The Hall–Kier alpha value is -1.07. The number of halogens is 4. The van der Waals surface area contributed by atoms with E-state index in [4.69, 9.17) is 47.0 Å². The predicted octanol–water partition coefficient (Wildman–Crippen LogP) is 5.59. The molecule has 0 spiro atoms. The highest BCUT2D eigenvalue weighted by Gasteiger charge is 2.07. The number of benzene rings is 2. The van der Waals surface area contributed by atoms with Gasteiger partial charge in [0, 0.05) is 5.69 Å². The van der Waals surface area contributed by atoms with Crippen molar-refractivity contribution in [3.63, 3.8) is 0 Å². The average molecular weight is 350 g/mol. The van der Waals surface area contributed by atoms with Gasteiger partial charge in [-0.15, -0.1) is 0 Å². The number of thiocarbonyl (C=S) groups is 1. The van der Waals surface area contributed by atoms with Crippen LogP contribution >= 0.6 is 47.0 Å². The fraction of sp³-hybridized carbons (Fsp3) is 0. The van der Waals surface area contributed by atoms with Gasteiger partial charge < -0.3 is 10.6 Å². The minimum Gasteiger partial charge on any atom is -0.332 e. The fourth-order valence-electron chi connectivity index (χ4n) is 1.46. The van der Waals surface area contributed by atoms with Gasteiger partial charge in [0.05, 0.1) is 20.8 Å². The third-order valence-electron chi connectivity index (χ3n) is 2.38. The van der Waals surface area contributed by atoms with E-state index in [1.807, 2.05) is 0 Å². The Kier molecular flexibility index (Phi) is 5.05. The van der Waals surface area contributed by atoms with Crippen molar-refractivity contribution < 1.29 is 4.39 Å². The summed E-state index contributed by atoms with van der Waals surface area (Å²) >= 11 is 22.8. The summed E-state index contributed by atoms with van der Waals surface area (Å²) < 4.78 is 13.0. The van der Waals surface area contributed by atoms with Gasteiger partial charge in [0.2, 0.25) is 0 Å². The molecule has 20 heavy (non-hydrogen) atoms. The van der Waals surface area contributed by atoms with Crippen LogP contribution in [0.1, 0.15) is 0 Å². The summed E-state index contributed by atoms with van der Waals surface area (Å²) in [5, 5.41) is 6.87. The van der Waals surface area contributed by atoms with Crippen molar-refractivity contribution in [2.45, 2.75) is 0 Å². The molecule has 0 heterocycles. The lowest BCUT2D eigenvalue weighted by Gasteiger charge is -2.12. The molecule has 0 fully saturated rings. The molecule has 2 rings (SSSR count). The molecule has 104 valence electrons. The normalized spacial score (nSPS) is 10.2. The number of hydrogen-bond donors (Lipinski definition) is 2. The first-order valence-electron chi connectivity index (χ1n) is 5.44. The zero-order chi connectivity index (χ0) is 14.7. The number of anilines is 2. The van der Waals surface area contributed by atoms with Crippen molar-refractivity contribution >= 4 is 63.5 Å². The van der Waals surface area contributed by atoms with Gasteiger partial charge in [0.15, 0.2) is 5.11 Å². The van der Waals surface area contributed by atoms with Crippen LogP contribution in [-0.2, 0) is 0 Å². The van der Waals surface area contributed by atoms with E-state index >= 15 is 0 Å². The largest absolute Gasteiger partial charge is 0.332 e. The molecule has 2 aromatic rings. The second-order valence-electron chi connectivity index (χ2n) is 3.81.